The topological polar surface area (TPSA) is 66.5 Å². The number of piperidine rings is 1. The number of hydrogen-bond acceptors (Lipinski definition) is 3. The van der Waals surface area contributed by atoms with Gasteiger partial charge in [0.25, 0.3) is 0 Å². The van der Waals surface area contributed by atoms with E-state index in [1.807, 2.05) is 6.92 Å². The lowest BCUT2D eigenvalue weighted by atomic mass is 9.99. The number of carbonyl (C=O) groups excluding carboxylic acids is 1. The summed E-state index contributed by atoms with van der Waals surface area (Å²) < 4.78 is 26.7. The van der Waals surface area contributed by atoms with E-state index in [4.69, 9.17) is 11.6 Å². The molecule has 1 aliphatic rings. The molecule has 0 saturated carbocycles. The molecule has 0 spiro atoms. The zero-order valence-corrected chi connectivity index (χ0v) is 14.2. The summed E-state index contributed by atoms with van der Waals surface area (Å²) in [7, 11) is -3.57. The Morgan fingerprint density at radius 1 is 1.36 bits per heavy atom. The van der Waals surface area contributed by atoms with Gasteiger partial charge in [-0.2, -0.15) is 4.31 Å². The van der Waals surface area contributed by atoms with Crippen LogP contribution in [-0.2, 0) is 14.8 Å². The highest BCUT2D eigenvalue weighted by Gasteiger charge is 2.33. The summed E-state index contributed by atoms with van der Waals surface area (Å²) >= 11 is 5.80. The summed E-state index contributed by atoms with van der Waals surface area (Å²) in [5.41, 5.74) is 0. The van der Waals surface area contributed by atoms with Crippen molar-refractivity contribution in [2.75, 3.05) is 19.6 Å². The molecule has 0 radical (unpaired) electrons. The highest BCUT2D eigenvalue weighted by molar-refractivity contribution is 7.89. The average molecular weight is 345 g/mol. The lowest BCUT2D eigenvalue weighted by Gasteiger charge is -2.31. The smallest absolute Gasteiger partial charge is 0.243 e. The lowest BCUT2D eigenvalue weighted by Crippen LogP contribution is -2.45. The van der Waals surface area contributed by atoms with E-state index in [0.717, 1.165) is 12.8 Å². The zero-order chi connectivity index (χ0) is 16.2. The number of hydrogen-bond donors (Lipinski definition) is 1. The molecule has 1 amide bonds. The first-order valence-corrected chi connectivity index (χ1v) is 9.30. The third-order valence-corrected chi connectivity index (χ3v) is 5.89. The van der Waals surface area contributed by atoms with Crippen LogP contribution in [0.25, 0.3) is 0 Å². The molecule has 1 N–H and O–H groups in total. The van der Waals surface area contributed by atoms with Crippen molar-refractivity contribution in [3.63, 3.8) is 0 Å². The van der Waals surface area contributed by atoms with E-state index in [-0.39, 0.29) is 23.3 Å². The molecule has 1 aliphatic heterocycles. The number of sulfonamides is 1. The van der Waals surface area contributed by atoms with Crippen molar-refractivity contribution in [3.8, 4) is 0 Å². The molecule has 1 atom stereocenters. The third kappa shape index (κ3) is 4.00. The number of rotatable bonds is 5. The Bertz CT molecular complexity index is 616. The fourth-order valence-electron chi connectivity index (χ4n) is 2.52. The van der Waals surface area contributed by atoms with Gasteiger partial charge in [0.05, 0.1) is 10.8 Å². The van der Waals surface area contributed by atoms with Crippen molar-refractivity contribution in [1.82, 2.24) is 9.62 Å². The molecular weight excluding hydrogens is 324 g/mol. The number of nitrogens with zero attached hydrogens (tertiary/aromatic N) is 1. The molecular formula is C15H21ClN2O3S. The van der Waals surface area contributed by atoms with Crippen LogP contribution >= 0.6 is 11.6 Å². The maximum Gasteiger partial charge on any atom is 0.243 e. The average Bonchev–Trinajstić information content (AvgIpc) is 2.53. The van der Waals surface area contributed by atoms with Gasteiger partial charge in [0.15, 0.2) is 0 Å². The van der Waals surface area contributed by atoms with Crippen LogP contribution in [0.3, 0.4) is 0 Å². The number of halogens is 1. The highest BCUT2D eigenvalue weighted by atomic mass is 35.5. The van der Waals surface area contributed by atoms with Gasteiger partial charge in [-0.15, -0.1) is 0 Å². The summed E-state index contributed by atoms with van der Waals surface area (Å²) in [6.07, 6.45) is 2.28. The Morgan fingerprint density at radius 2 is 2.05 bits per heavy atom. The maximum absolute atomic E-state index is 12.6. The van der Waals surface area contributed by atoms with E-state index >= 15 is 0 Å². The van der Waals surface area contributed by atoms with E-state index in [9.17, 15) is 13.2 Å². The molecule has 1 fully saturated rings. The molecule has 1 saturated heterocycles. The molecule has 7 heteroatoms. The van der Waals surface area contributed by atoms with Gasteiger partial charge in [0.2, 0.25) is 15.9 Å². The minimum Gasteiger partial charge on any atom is -0.356 e. The van der Waals surface area contributed by atoms with Crippen molar-refractivity contribution < 1.29 is 13.2 Å². The first kappa shape index (κ1) is 17.2. The highest BCUT2D eigenvalue weighted by Crippen LogP contribution is 2.24. The summed E-state index contributed by atoms with van der Waals surface area (Å²) in [4.78, 5) is 12.3. The van der Waals surface area contributed by atoms with Crippen molar-refractivity contribution in [2.45, 2.75) is 31.1 Å². The van der Waals surface area contributed by atoms with E-state index in [2.05, 4.69) is 5.32 Å². The van der Waals surface area contributed by atoms with E-state index in [0.29, 0.717) is 24.5 Å². The fraction of sp³-hybridized carbons (Fsp3) is 0.533. The largest absolute Gasteiger partial charge is 0.356 e. The van der Waals surface area contributed by atoms with Gasteiger partial charge in [-0.1, -0.05) is 18.5 Å². The minimum absolute atomic E-state index is 0.0575. The van der Waals surface area contributed by atoms with Crippen molar-refractivity contribution in [2.24, 2.45) is 5.92 Å². The molecule has 0 aromatic heterocycles. The van der Waals surface area contributed by atoms with Crippen LogP contribution in [0.1, 0.15) is 26.2 Å². The molecule has 2 rings (SSSR count). The molecule has 1 aromatic rings. The Morgan fingerprint density at radius 3 is 2.68 bits per heavy atom. The number of nitrogens with one attached hydrogen (secondary N) is 1. The predicted octanol–water partition coefficient (Wildman–Crippen LogP) is 2.27. The monoisotopic (exact) mass is 344 g/mol. The Hall–Kier alpha value is -1.11. The molecule has 0 bridgehead atoms. The first-order chi connectivity index (χ1) is 10.4. The quantitative estimate of drug-likeness (QED) is 0.891. The maximum atomic E-state index is 12.6. The van der Waals surface area contributed by atoms with Gasteiger partial charge in [0.1, 0.15) is 0 Å². The van der Waals surface area contributed by atoms with Crippen molar-refractivity contribution >= 4 is 27.5 Å². The minimum atomic E-state index is -3.57. The van der Waals surface area contributed by atoms with Gasteiger partial charge < -0.3 is 5.32 Å². The van der Waals surface area contributed by atoms with Crippen LogP contribution in [0.2, 0.25) is 5.02 Å². The summed E-state index contributed by atoms with van der Waals surface area (Å²) in [5, 5.41) is 3.34. The van der Waals surface area contributed by atoms with E-state index < -0.39 is 10.0 Å². The van der Waals surface area contributed by atoms with Gasteiger partial charge in [0, 0.05) is 24.7 Å². The molecule has 122 valence electrons. The van der Waals surface area contributed by atoms with Crippen LogP contribution in [0.15, 0.2) is 29.2 Å². The molecule has 22 heavy (non-hydrogen) atoms. The third-order valence-electron chi connectivity index (χ3n) is 3.76. The van der Waals surface area contributed by atoms with Gasteiger partial charge in [-0.05, 0) is 43.5 Å². The first-order valence-electron chi connectivity index (χ1n) is 7.48. The van der Waals surface area contributed by atoms with Crippen LogP contribution in [-0.4, -0.2) is 38.3 Å². The Labute approximate surface area is 136 Å². The summed E-state index contributed by atoms with van der Waals surface area (Å²) in [5.74, 6) is -0.333. The lowest BCUT2D eigenvalue weighted by molar-refractivity contribution is -0.126. The van der Waals surface area contributed by atoms with Crippen LogP contribution < -0.4 is 5.32 Å². The number of carbonyl (C=O) groups is 1. The second kappa shape index (κ2) is 7.44. The Balaban J connectivity index is 2.11. The van der Waals surface area contributed by atoms with Crippen LogP contribution in [0.4, 0.5) is 0 Å². The second-order valence-corrected chi connectivity index (χ2v) is 7.82. The fourth-order valence-corrected chi connectivity index (χ4v) is 4.17. The molecule has 0 unspecified atom stereocenters. The Kier molecular flexibility index (Phi) is 5.83. The molecule has 0 aliphatic carbocycles. The summed E-state index contributed by atoms with van der Waals surface area (Å²) in [6.45, 7) is 3.29. The standard InChI is InChI=1S/C15H21ClN2O3S/c1-2-9-17-15(19)12-4-3-10-18(11-12)22(20,21)14-7-5-13(16)6-8-14/h5-8,12H,2-4,9-11H2,1H3,(H,17,19)/t12-/m1/s1. The SMILES string of the molecule is CCCNC(=O)[C@@H]1CCCN(S(=O)(=O)c2ccc(Cl)cc2)C1. The van der Waals surface area contributed by atoms with Crippen LogP contribution in [0.5, 0.6) is 0 Å². The van der Waals surface area contributed by atoms with E-state index in [1.165, 1.54) is 16.4 Å². The van der Waals surface area contributed by atoms with Gasteiger partial charge in [-0.25, -0.2) is 8.42 Å². The predicted molar refractivity (Wildman–Crippen MR) is 86.2 cm³/mol. The zero-order valence-electron chi connectivity index (χ0n) is 12.6. The van der Waals surface area contributed by atoms with Gasteiger partial charge in [-0.3, -0.25) is 4.79 Å². The van der Waals surface area contributed by atoms with Crippen molar-refractivity contribution in [3.05, 3.63) is 29.3 Å². The van der Waals surface area contributed by atoms with E-state index in [1.54, 1.807) is 12.1 Å². The number of benzene rings is 1. The molecule has 1 heterocycles. The molecule has 5 nitrogen and oxygen atoms in total. The second-order valence-electron chi connectivity index (χ2n) is 5.45. The van der Waals surface area contributed by atoms with Crippen molar-refractivity contribution in [1.29, 1.82) is 0 Å². The molecule has 1 aromatic carbocycles. The van der Waals surface area contributed by atoms with Gasteiger partial charge >= 0.3 is 0 Å². The number of amides is 1. The normalized spacial score (nSPS) is 19.8. The summed E-state index contributed by atoms with van der Waals surface area (Å²) in [6, 6.07) is 6.12. The van der Waals surface area contributed by atoms with Crippen LogP contribution in [0, 0.1) is 5.92 Å².